The van der Waals surface area contributed by atoms with E-state index in [1.165, 1.54) is 18.6 Å². The summed E-state index contributed by atoms with van der Waals surface area (Å²) in [7, 11) is 0. The van der Waals surface area contributed by atoms with Gasteiger partial charge in [-0.3, -0.25) is 9.78 Å². The molecule has 0 aliphatic rings. The molecular formula is C13H11ClN2O. The lowest BCUT2D eigenvalue weighted by Gasteiger charge is -2.08. The molecule has 0 fully saturated rings. The molecule has 0 radical (unpaired) electrons. The number of carbonyl (C=O) groups excluding carboxylic acids is 1. The lowest BCUT2D eigenvalue weighted by Crippen LogP contribution is -2.08. The van der Waals surface area contributed by atoms with Gasteiger partial charge in [0.2, 0.25) is 5.78 Å². The van der Waals surface area contributed by atoms with Gasteiger partial charge in [0.25, 0.3) is 0 Å². The van der Waals surface area contributed by atoms with E-state index < -0.39 is 0 Å². The van der Waals surface area contributed by atoms with E-state index >= 15 is 0 Å². The molecule has 0 atom stereocenters. The molecule has 0 unspecified atom stereocenters. The summed E-state index contributed by atoms with van der Waals surface area (Å²) in [4.78, 5) is 20.1. The van der Waals surface area contributed by atoms with Crippen LogP contribution in [0.4, 0.5) is 0 Å². The van der Waals surface area contributed by atoms with Crippen LogP contribution >= 0.6 is 11.6 Å². The van der Waals surface area contributed by atoms with Gasteiger partial charge in [0.1, 0.15) is 5.69 Å². The monoisotopic (exact) mass is 246 g/mol. The highest BCUT2D eigenvalue weighted by Crippen LogP contribution is 2.25. The first-order valence-corrected chi connectivity index (χ1v) is 5.55. The Hall–Kier alpha value is -1.74. The van der Waals surface area contributed by atoms with E-state index in [4.69, 9.17) is 11.6 Å². The summed E-state index contributed by atoms with van der Waals surface area (Å²) in [6, 6.07) is 3.77. The first-order valence-electron chi connectivity index (χ1n) is 5.17. The Balaban J connectivity index is 2.56. The van der Waals surface area contributed by atoms with E-state index in [-0.39, 0.29) is 5.78 Å². The van der Waals surface area contributed by atoms with Crippen LogP contribution in [-0.4, -0.2) is 15.8 Å². The fourth-order valence-corrected chi connectivity index (χ4v) is 1.90. The second kappa shape index (κ2) is 4.63. The Kier molecular flexibility index (Phi) is 3.20. The molecule has 0 saturated heterocycles. The molecule has 0 aliphatic carbocycles. The van der Waals surface area contributed by atoms with Crippen molar-refractivity contribution >= 4 is 17.4 Å². The summed E-state index contributed by atoms with van der Waals surface area (Å²) in [5.41, 5.74) is 2.54. The van der Waals surface area contributed by atoms with E-state index in [1.54, 1.807) is 0 Å². The van der Waals surface area contributed by atoms with E-state index in [2.05, 4.69) is 9.97 Å². The zero-order chi connectivity index (χ0) is 12.4. The maximum absolute atomic E-state index is 12.3. The molecule has 2 aromatic rings. The topological polar surface area (TPSA) is 42.9 Å². The van der Waals surface area contributed by atoms with Gasteiger partial charge in [-0.25, -0.2) is 4.98 Å². The van der Waals surface area contributed by atoms with Crippen molar-refractivity contribution in [3.8, 4) is 0 Å². The van der Waals surface area contributed by atoms with Crippen LogP contribution in [0.2, 0.25) is 5.02 Å². The molecule has 2 rings (SSSR count). The number of nitrogens with zero attached hydrogens (tertiary/aromatic N) is 2. The number of carbonyl (C=O) groups is 1. The minimum atomic E-state index is -0.190. The number of hydrogen-bond donors (Lipinski definition) is 0. The fraction of sp³-hybridized carbons (Fsp3) is 0.154. The third kappa shape index (κ3) is 2.19. The van der Waals surface area contributed by atoms with Crippen molar-refractivity contribution in [2.45, 2.75) is 13.8 Å². The van der Waals surface area contributed by atoms with Gasteiger partial charge in [0.05, 0.1) is 11.2 Å². The lowest BCUT2D eigenvalue weighted by atomic mass is 10.00. The largest absolute Gasteiger partial charge is 0.287 e. The van der Waals surface area contributed by atoms with Crippen LogP contribution in [0.25, 0.3) is 0 Å². The van der Waals surface area contributed by atoms with Crippen molar-refractivity contribution in [1.82, 2.24) is 9.97 Å². The number of aromatic nitrogens is 2. The summed E-state index contributed by atoms with van der Waals surface area (Å²) >= 11 is 6.17. The summed E-state index contributed by atoms with van der Waals surface area (Å²) < 4.78 is 0. The van der Waals surface area contributed by atoms with Crippen LogP contribution < -0.4 is 0 Å². The number of benzene rings is 1. The zero-order valence-electron chi connectivity index (χ0n) is 9.57. The van der Waals surface area contributed by atoms with Gasteiger partial charge >= 0.3 is 0 Å². The fourth-order valence-electron chi connectivity index (χ4n) is 1.60. The second-order valence-electron chi connectivity index (χ2n) is 3.81. The zero-order valence-corrected chi connectivity index (χ0v) is 10.3. The van der Waals surface area contributed by atoms with E-state index in [0.717, 1.165) is 11.1 Å². The molecule has 1 aromatic heterocycles. The van der Waals surface area contributed by atoms with Crippen molar-refractivity contribution in [1.29, 1.82) is 0 Å². The van der Waals surface area contributed by atoms with Gasteiger partial charge in [-0.1, -0.05) is 23.7 Å². The average Bonchev–Trinajstić information content (AvgIpc) is 2.35. The minimum absolute atomic E-state index is 0.190. The van der Waals surface area contributed by atoms with Crippen LogP contribution in [-0.2, 0) is 0 Å². The van der Waals surface area contributed by atoms with Crippen molar-refractivity contribution in [3.05, 3.63) is 58.1 Å². The predicted octanol–water partition coefficient (Wildman–Crippen LogP) is 2.98. The maximum Gasteiger partial charge on any atom is 0.214 e. The van der Waals surface area contributed by atoms with Crippen LogP contribution in [0, 0.1) is 13.8 Å². The number of ketones is 1. The van der Waals surface area contributed by atoms with Crippen LogP contribution in [0.15, 0.2) is 30.7 Å². The normalized spacial score (nSPS) is 10.3. The van der Waals surface area contributed by atoms with E-state index in [9.17, 15) is 4.79 Å². The standard InChI is InChI=1S/C13H11ClN2O/c1-8-3-4-9(2)12(14)11(8)13(17)10-7-15-5-6-16-10/h3-7H,1-2H3. The SMILES string of the molecule is Cc1ccc(C)c(C(=O)c2cnccn2)c1Cl. The Morgan fingerprint density at radius 3 is 2.53 bits per heavy atom. The minimum Gasteiger partial charge on any atom is -0.287 e. The molecule has 4 heteroatoms. The number of rotatable bonds is 2. The Morgan fingerprint density at radius 2 is 1.88 bits per heavy atom. The van der Waals surface area contributed by atoms with Crippen molar-refractivity contribution in [3.63, 3.8) is 0 Å². The smallest absolute Gasteiger partial charge is 0.214 e. The first kappa shape index (κ1) is 11.7. The van der Waals surface area contributed by atoms with Gasteiger partial charge < -0.3 is 0 Å². The summed E-state index contributed by atoms with van der Waals surface area (Å²) in [5.74, 6) is -0.190. The molecular weight excluding hydrogens is 236 g/mol. The molecule has 0 N–H and O–H groups in total. The lowest BCUT2D eigenvalue weighted by molar-refractivity contribution is 0.103. The molecule has 0 saturated carbocycles. The molecule has 3 nitrogen and oxygen atoms in total. The maximum atomic E-state index is 12.3. The summed E-state index contributed by atoms with van der Waals surface area (Å²) in [5, 5.41) is 0.487. The summed E-state index contributed by atoms with van der Waals surface area (Å²) in [6.07, 6.45) is 4.47. The highest BCUT2D eigenvalue weighted by atomic mass is 35.5. The molecule has 0 bridgehead atoms. The Bertz CT molecular complexity index is 567. The van der Waals surface area contributed by atoms with Gasteiger partial charge in [0, 0.05) is 18.0 Å². The van der Waals surface area contributed by atoms with Crippen LogP contribution in [0.5, 0.6) is 0 Å². The highest BCUT2D eigenvalue weighted by Gasteiger charge is 2.17. The van der Waals surface area contributed by atoms with Gasteiger partial charge in [0.15, 0.2) is 0 Å². The van der Waals surface area contributed by atoms with E-state index in [1.807, 2.05) is 26.0 Å². The first-order chi connectivity index (χ1) is 8.11. The third-order valence-electron chi connectivity index (χ3n) is 2.57. The number of aryl methyl sites for hydroxylation is 2. The van der Waals surface area contributed by atoms with E-state index in [0.29, 0.717) is 16.3 Å². The molecule has 0 aliphatic heterocycles. The molecule has 1 aromatic carbocycles. The Labute approximate surface area is 104 Å². The molecule has 0 amide bonds. The molecule has 1 heterocycles. The number of hydrogen-bond acceptors (Lipinski definition) is 3. The highest BCUT2D eigenvalue weighted by molar-refractivity contribution is 6.35. The van der Waals surface area contributed by atoms with Crippen LogP contribution in [0.1, 0.15) is 27.2 Å². The van der Waals surface area contributed by atoms with Crippen LogP contribution in [0.3, 0.4) is 0 Å². The van der Waals surface area contributed by atoms with Crippen molar-refractivity contribution in [2.75, 3.05) is 0 Å². The predicted molar refractivity (Wildman–Crippen MR) is 66.4 cm³/mol. The van der Waals surface area contributed by atoms with Gasteiger partial charge in [-0.2, -0.15) is 0 Å². The Morgan fingerprint density at radius 1 is 1.18 bits per heavy atom. The van der Waals surface area contributed by atoms with Crippen molar-refractivity contribution < 1.29 is 4.79 Å². The molecule has 86 valence electrons. The summed E-state index contributed by atoms with van der Waals surface area (Å²) in [6.45, 7) is 3.73. The second-order valence-corrected chi connectivity index (χ2v) is 4.19. The average molecular weight is 247 g/mol. The quantitative estimate of drug-likeness (QED) is 0.765. The molecule has 17 heavy (non-hydrogen) atoms. The van der Waals surface area contributed by atoms with Gasteiger partial charge in [-0.05, 0) is 25.0 Å². The third-order valence-corrected chi connectivity index (χ3v) is 3.05. The number of halogens is 1. The van der Waals surface area contributed by atoms with Gasteiger partial charge in [-0.15, -0.1) is 0 Å². The molecule has 0 spiro atoms. The van der Waals surface area contributed by atoms with Crippen molar-refractivity contribution in [2.24, 2.45) is 0 Å².